The lowest BCUT2D eigenvalue weighted by atomic mass is 9.70. The number of amides is 3. The molecule has 0 aromatic heterocycles. The first-order valence-electron chi connectivity index (χ1n) is 17.7. The molecule has 1 aromatic carbocycles. The summed E-state index contributed by atoms with van der Waals surface area (Å²) < 4.78 is 13.0. The quantitative estimate of drug-likeness (QED) is 0.128. The second kappa shape index (κ2) is 16.7. The molecule has 3 aliphatic heterocycles. The third kappa shape index (κ3) is 7.39. The zero-order valence-corrected chi connectivity index (χ0v) is 29.2. The van der Waals surface area contributed by atoms with Crippen LogP contribution in [0.5, 0.6) is 0 Å². The average Bonchev–Trinajstić information content (AvgIpc) is 3.73. The number of rotatable bonds is 19. The fourth-order valence-corrected chi connectivity index (χ4v) is 7.99. The van der Waals surface area contributed by atoms with E-state index >= 15 is 0 Å². The number of carbonyl (C=O) groups excluding carboxylic acids is 4. The summed E-state index contributed by atoms with van der Waals surface area (Å²) in [6.45, 7) is 14.3. The largest absolute Gasteiger partial charge is 0.455 e. The van der Waals surface area contributed by atoms with Gasteiger partial charge < -0.3 is 29.3 Å². The van der Waals surface area contributed by atoms with Gasteiger partial charge in [-0.1, -0.05) is 55.8 Å². The molecule has 0 radical (unpaired) electrons. The summed E-state index contributed by atoms with van der Waals surface area (Å²) >= 11 is 0. The summed E-state index contributed by atoms with van der Waals surface area (Å²) in [5.41, 5.74) is -0.405. The highest BCUT2D eigenvalue weighted by Gasteiger charge is 2.75. The first-order valence-corrected chi connectivity index (χ1v) is 17.7. The van der Waals surface area contributed by atoms with Crippen LogP contribution >= 0.6 is 0 Å². The minimum absolute atomic E-state index is 0.0548. The van der Waals surface area contributed by atoms with Crippen LogP contribution < -0.4 is 0 Å². The monoisotopic (exact) mass is 665 g/mol. The number of esters is 1. The van der Waals surface area contributed by atoms with Crippen LogP contribution in [0.25, 0.3) is 0 Å². The van der Waals surface area contributed by atoms with Gasteiger partial charge in [0.05, 0.1) is 24.0 Å². The molecule has 0 aliphatic carbocycles. The van der Waals surface area contributed by atoms with Gasteiger partial charge in [0.15, 0.2) is 0 Å². The van der Waals surface area contributed by atoms with E-state index in [1.807, 2.05) is 44.2 Å². The molecule has 2 bridgehead atoms. The minimum Gasteiger partial charge on any atom is -0.455 e. The number of benzene rings is 1. The van der Waals surface area contributed by atoms with Crippen LogP contribution in [0.3, 0.4) is 0 Å². The number of nitrogens with zero attached hydrogens (tertiary/aromatic N) is 3. The Kier molecular flexibility index (Phi) is 13.0. The molecule has 1 N–H and O–H groups in total. The highest BCUT2D eigenvalue weighted by atomic mass is 16.6. The van der Waals surface area contributed by atoms with E-state index in [-0.39, 0.29) is 30.4 Å². The van der Waals surface area contributed by atoms with E-state index in [0.717, 1.165) is 18.4 Å². The van der Waals surface area contributed by atoms with Crippen LogP contribution in [0.15, 0.2) is 55.6 Å². The van der Waals surface area contributed by atoms with Crippen molar-refractivity contribution in [1.82, 2.24) is 14.7 Å². The van der Waals surface area contributed by atoms with Gasteiger partial charge in [-0.15, -0.1) is 13.2 Å². The maximum atomic E-state index is 14.6. The molecule has 0 saturated carbocycles. The third-order valence-corrected chi connectivity index (χ3v) is 10.6. The Morgan fingerprint density at radius 3 is 2.52 bits per heavy atom. The second-order valence-corrected chi connectivity index (χ2v) is 13.6. The lowest BCUT2D eigenvalue weighted by molar-refractivity contribution is -0.164. The summed E-state index contributed by atoms with van der Waals surface area (Å²) in [6, 6.07) is 7.89. The number of fused-ring (bicyclic) bond motifs is 1. The molecule has 10 nitrogen and oxygen atoms in total. The van der Waals surface area contributed by atoms with Crippen molar-refractivity contribution >= 4 is 23.7 Å². The van der Waals surface area contributed by atoms with Crippen molar-refractivity contribution in [3.05, 3.63) is 61.2 Å². The fourth-order valence-electron chi connectivity index (χ4n) is 7.99. The zero-order valence-electron chi connectivity index (χ0n) is 29.2. The molecule has 3 aliphatic rings. The number of ether oxygens (including phenoxy) is 2. The molecule has 264 valence electrons. The number of carbonyl (C=O) groups is 4. The molecule has 1 spiro atoms. The van der Waals surface area contributed by atoms with Gasteiger partial charge in [0.25, 0.3) is 0 Å². The van der Waals surface area contributed by atoms with Gasteiger partial charge in [0.2, 0.25) is 17.7 Å². The van der Waals surface area contributed by atoms with E-state index in [1.54, 1.807) is 33.9 Å². The van der Waals surface area contributed by atoms with Gasteiger partial charge in [-0.3, -0.25) is 19.2 Å². The van der Waals surface area contributed by atoms with Crippen molar-refractivity contribution in [3.8, 4) is 0 Å². The predicted molar refractivity (Wildman–Crippen MR) is 183 cm³/mol. The SMILES string of the molecule is C=CCCC(=O)N(C)[C@@H](C)[C@@H](OC(=O)[C@@H]1[C@H]2C(=O)N(CCCCCO)[C@H](C(=O)N(CC=C)C(C)CCC)[C@]23CC[C@H]1O3)c1ccccc1. The Bertz CT molecular complexity index is 1300. The summed E-state index contributed by atoms with van der Waals surface area (Å²) in [5.74, 6) is -2.83. The summed E-state index contributed by atoms with van der Waals surface area (Å²) in [4.78, 5) is 61.4. The smallest absolute Gasteiger partial charge is 0.313 e. The van der Waals surface area contributed by atoms with Crippen LogP contribution in [0.2, 0.25) is 0 Å². The first-order chi connectivity index (χ1) is 23.1. The van der Waals surface area contributed by atoms with Gasteiger partial charge in [-0.25, -0.2) is 0 Å². The van der Waals surface area contributed by atoms with Crippen molar-refractivity contribution in [2.24, 2.45) is 11.8 Å². The Morgan fingerprint density at radius 2 is 1.88 bits per heavy atom. The normalized spacial score (nSPS) is 26.0. The number of hydrogen-bond donors (Lipinski definition) is 1. The summed E-state index contributed by atoms with van der Waals surface area (Å²) in [7, 11) is 1.70. The predicted octanol–water partition coefficient (Wildman–Crippen LogP) is 4.82. The molecule has 3 amide bonds. The Hall–Kier alpha value is -3.50. The van der Waals surface area contributed by atoms with Crippen LogP contribution in [-0.4, -0.2) is 100 Å². The molecular formula is C38H55N3O7. The zero-order chi connectivity index (χ0) is 35.0. The van der Waals surface area contributed by atoms with Crippen molar-refractivity contribution in [3.63, 3.8) is 0 Å². The number of aliphatic hydroxyl groups excluding tert-OH is 1. The number of likely N-dealkylation sites (tertiary alicyclic amines) is 1. The fraction of sp³-hybridized carbons (Fsp3) is 0.632. The number of aliphatic hydroxyl groups is 1. The molecular weight excluding hydrogens is 610 g/mol. The Morgan fingerprint density at radius 1 is 1.15 bits per heavy atom. The van der Waals surface area contributed by atoms with E-state index in [0.29, 0.717) is 58.0 Å². The van der Waals surface area contributed by atoms with E-state index in [2.05, 4.69) is 20.1 Å². The van der Waals surface area contributed by atoms with Crippen LogP contribution in [0.1, 0.15) is 90.2 Å². The highest BCUT2D eigenvalue weighted by Crippen LogP contribution is 2.59. The molecule has 4 rings (SSSR count). The van der Waals surface area contributed by atoms with Gasteiger partial charge in [0.1, 0.15) is 17.7 Å². The van der Waals surface area contributed by atoms with Gasteiger partial charge >= 0.3 is 5.97 Å². The van der Waals surface area contributed by atoms with Gasteiger partial charge in [-0.05, 0) is 64.4 Å². The van der Waals surface area contributed by atoms with Gasteiger partial charge in [0, 0.05) is 39.2 Å². The summed E-state index contributed by atoms with van der Waals surface area (Å²) in [5, 5.41) is 9.35. The molecule has 3 saturated heterocycles. The van der Waals surface area contributed by atoms with Gasteiger partial charge in [-0.2, -0.15) is 0 Å². The number of unbranched alkanes of at least 4 members (excludes halogenated alkanes) is 2. The van der Waals surface area contributed by atoms with Crippen molar-refractivity contribution < 1.29 is 33.8 Å². The lowest BCUT2D eigenvalue weighted by Crippen LogP contribution is -2.57. The van der Waals surface area contributed by atoms with Crippen LogP contribution in [-0.2, 0) is 28.7 Å². The van der Waals surface area contributed by atoms with Crippen LogP contribution in [0.4, 0.5) is 0 Å². The maximum absolute atomic E-state index is 14.6. The molecule has 8 atom stereocenters. The third-order valence-electron chi connectivity index (χ3n) is 10.6. The molecule has 10 heteroatoms. The van der Waals surface area contributed by atoms with E-state index in [1.165, 1.54) is 0 Å². The molecule has 3 heterocycles. The topological polar surface area (TPSA) is 117 Å². The first kappa shape index (κ1) is 37.3. The number of likely N-dealkylation sites (N-methyl/N-ethyl adjacent to an activating group) is 1. The maximum Gasteiger partial charge on any atom is 0.313 e. The highest BCUT2D eigenvalue weighted by molar-refractivity contribution is 5.98. The number of allylic oxidation sites excluding steroid dienone is 1. The van der Waals surface area contributed by atoms with Crippen molar-refractivity contribution in [2.75, 3.05) is 26.7 Å². The standard InChI is InChI=1S/C38H55N3O7/c1-7-10-20-30(43)39(6)27(5)33(28-18-13-11-14-19-28)47-37(46)31-29-21-22-38(48-29)32(31)35(44)41(24-15-12-16-25-42)34(38)36(45)40(23-9-3)26(4)17-8-2/h7,9,11,13-14,18-19,26-27,29,31-34,42H,1,3,8,10,12,15-17,20-25H2,2,4-6H3/t26?,27-,29+,31-,32-,33+,34+,38-/m0/s1. The molecule has 48 heavy (non-hydrogen) atoms. The summed E-state index contributed by atoms with van der Waals surface area (Å²) in [6.07, 6.45) is 7.53. The number of hydrogen-bond acceptors (Lipinski definition) is 7. The Balaban J connectivity index is 1.67. The van der Waals surface area contributed by atoms with E-state index in [9.17, 15) is 24.3 Å². The molecule has 1 unspecified atom stereocenters. The van der Waals surface area contributed by atoms with E-state index < -0.39 is 47.7 Å². The Labute approximate surface area is 286 Å². The van der Waals surface area contributed by atoms with E-state index in [4.69, 9.17) is 9.47 Å². The van der Waals surface area contributed by atoms with Crippen LogP contribution in [0, 0.1) is 11.8 Å². The van der Waals surface area contributed by atoms with Crippen molar-refractivity contribution in [1.29, 1.82) is 0 Å². The molecule has 3 fully saturated rings. The molecule has 1 aromatic rings. The second-order valence-electron chi connectivity index (χ2n) is 13.6. The van der Waals surface area contributed by atoms with Crippen molar-refractivity contribution in [2.45, 2.75) is 114 Å². The lowest BCUT2D eigenvalue weighted by Gasteiger charge is -2.39. The average molecular weight is 666 g/mol. The minimum atomic E-state index is -1.14.